The minimum atomic E-state index is 0.297. The van der Waals surface area contributed by atoms with Crippen molar-refractivity contribution in [1.29, 1.82) is 0 Å². The van der Waals surface area contributed by atoms with Crippen molar-refractivity contribution in [1.82, 2.24) is 4.98 Å². The standard InChI is InChI=1S/C13H13NO/c1-9-7-10(2)14-8-12(9)11-5-3-4-6-13(11)15/h3-8,15H,1-2H3. The number of rotatable bonds is 1. The fourth-order valence-electron chi connectivity index (χ4n) is 1.68. The Kier molecular flexibility index (Phi) is 2.42. The average molecular weight is 199 g/mol. The Labute approximate surface area is 89.2 Å². The van der Waals surface area contributed by atoms with E-state index in [2.05, 4.69) is 4.98 Å². The number of aromatic hydroxyl groups is 1. The van der Waals surface area contributed by atoms with Gasteiger partial charge in [-0.25, -0.2) is 0 Å². The molecule has 76 valence electrons. The van der Waals surface area contributed by atoms with Crippen molar-refractivity contribution >= 4 is 0 Å². The van der Waals surface area contributed by atoms with Gasteiger partial charge in [-0.2, -0.15) is 0 Å². The molecule has 0 aliphatic heterocycles. The molecule has 2 rings (SSSR count). The van der Waals surface area contributed by atoms with Gasteiger partial charge in [-0.1, -0.05) is 18.2 Å². The normalized spacial score (nSPS) is 10.3. The minimum absolute atomic E-state index is 0.297. The Hall–Kier alpha value is -1.83. The number of pyridine rings is 1. The van der Waals surface area contributed by atoms with Crippen LogP contribution in [0.3, 0.4) is 0 Å². The summed E-state index contributed by atoms with van der Waals surface area (Å²) in [5.74, 6) is 0.297. The quantitative estimate of drug-likeness (QED) is 0.765. The molecule has 0 saturated carbocycles. The Morgan fingerprint density at radius 3 is 2.47 bits per heavy atom. The summed E-state index contributed by atoms with van der Waals surface area (Å²) in [7, 11) is 0. The highest BCUT2D eigenvalue weighted by Gasteiger charge is 2.06. The Morgan fingerprint density at radius 2 is 1.80 bits per heavy atom. The number of phenols is 1. The number of para-hydroxylation sites is 1. The van der Waals surface area contributed by atoms with Gasteiger partial charge < -0.3 is 5.11 Å². The van der Waals surface area contributed by atoms with Crippen LogP contribution in [0, 0.1) is 13.8 Å². The van der Waals surface area contributed by atoms with Crippen molar-refractivity contribution in [3.8, 4) is 16.9 Å². The second-order valence-electron chi connectivity index (χ2n) is 3.66. The summed E-state index contributed by atoms with van der Waals surface area (Å²) >= 11 is 0. The molecular formula is C13H13NO. The van der Waals surface area contributed by atoms with E-state index >= 15 is 0 Å². The first kappa shape index (κ1) is 9.71. The van der Waals surface area contributed by atoms with E-state index in [0.29, 0.717) is 5.75 Å². The molecule has 0 atom stereocenters. The molecule has 0 aliphatic carbocycles. The molecule has 0 bridgehead atoms. The molecule has 1 N–H and O–H groups in total. The van der Waals surface area contributed by atoms with Gasteiger partial charge in [0.25, 0.3) is 0 Å². The van der Waals surface area contributed by atoms with Crippen LogP contribution in [0.2, 0.25) is 0 Å². The van der Waals surface area contributed by atoms with E-state index in [0.717, 1.165) is 22.4 Å². The van der Waals surface area contributed by atoms with Gasteiger partial charge in [0, 0.05) is 23.0 Å². The molecule has 2 aromatic rings. The van der Waals surface area contributed by atoms with Crippen molar-refractivity contribution in [2.24, 2.45) is 0 Å². The topological polar surface area (TPSA) is 33.1 Å². The van der Waals surface area contributed by atoms with E-state index < -0.39 is 0 Å². The second kappa shape index (κ2) is 3.73. The molecular weight excluding hydrogens is 186 g/mol. The number of nitrogens with zero attached hydrogens (tertiary/aromatic N) is 1. The summed E-state index contributed by atoms with van der Waals surface area (Å²) in [5.41, 5.74) is 3.94. The van der Waals surface area contributed by atoms with Gasteiger partial charge in [0.05, 0.1) is 0 Å². The van der Waals surface area contributed by atoms with Crippen LogP contribution in [0.15, 0.2) is 36.5 Å². The zero-order chi connectivity index (χ0) is 10.8. The van der Waals surface area contributed by atoms with Crippen LogP contribution in [0.4, 0.5) is 0 Å². The number of benzene rings is 1. The fourth-order valence-corrected chi connectivity index (χ4v) is 1.68. The first-order valence-electron chi connectivity index (χ1n) is 4.90. The summed E-state index contributed by atoms with van der Waals surface area (Å²) in [6.45, 7) is 3.98. The van der Waals surface area contributed by atoms with Gasteiger partial charge in [0.1, 0.15) is 5.75 Å². The molecule has 0 spiro atoms. The van der Waals surface area contributed by atoms with Crippen LogP contribution in [0.25, 0.3) is 11.1 Å². The number of hydrogen-bond acceptors (Lipinski definition) is 2. The van der Waals surface area contributed by atoms with Gasteiger partial charge in [0.2, 0.25) is 0 Å². The van der Waals surface area contributed by atoms with Crippen LogP contribution >= 0.6 is 0 Å². The lowest BCUT2D eigenvalue weighted by Crippen LogP contribution is -1.88. The third-order valence-corrected chi connectivity index (χ3v) is 2.44. The molecule has 0 fully saturated rings. The summed E-state index contributed by atoms with van der Waals surface area (Å²) in [4.78, 5) is 4.25. The maximum Gasteiger partial charge on any atom is 0.123 e. The molecule has 0 unspecified atom stereocenters. The maximum absolute atomic E-state index is 9.73. The van der Waals surface area contributed by atoms with E-state index in [9.17, 15) is 5.11 Å². The summed E-state index contributed by atoms with van der Waals surface area (Å²) in [5, 5.41) is 9.73. The van der Waals surface area contributed by atoms with Crippen molar-refractivity contribution in [2.75, 3.05) is 0 Å². The SMILES string of the molecule is Cc1cc(C)c(-c2ccccc2O)cn1. The molecule has 0 aliphatic rings. The summed E-state index contributed by atoms with van der Waals surface area (Å²) < 4.78 is 0. The third kappa shape index (κ3) is 1.84. The highest BCUT2D eigenvalue weighted by Crippen LogP contribution is 2.30. The number of aromatic nitrogens is 1. The average Bonchev–Trinajstić information content (AvgIpc) is 2.20. The van der Waals surface area contributed by atoms with Gasteiger partial charge >= 0.3 is 0 Å². The van der Waals surface area contributed by atoms with Crippen LogP contribution in [-0.2, 0) is 0 Å². The lowest BCUT2D eigenvalue weighted by atomic mass is 10.0. The smallest absolute Gasteiger partial charge is 0.123 e. The number of hydrogen-bond donors (Lipinski definition) is 1. The predicted octanol–water partition coefficient (Wildman–Crippen LogP) is 3.07. The van der Waals surface area contributed by atoms with Gasteiger partial charge in [-0.3, -0.25) is 4.98 Å². The summed E-state index contributed by atoms with van der Waals surface area (Å²) in [6.07, 6.45) is 1.81. The molecule has 1 aromatic carbocycles. The van der Waals surface area contributed by atoms with Crippen LogP contribution < -0.4 is 0 Å². The van der Waals surface area contributed by atoms with Crippen molar-refractivity contribution in [3.05, 3.63) is 47.8 Å². The predicted molar refractivity (Wildman–Crippen MR) is 60.8 cm³/mol. The Morgan fingerprint density at radius 1 is 1.07 bits per heavy atom. The fraction of sp³-hybridized carbons (Fsp3) is 0.154. The first-order valence-corrected chi connectivity index (χ1v) is 4.90. The molecule has 2 nitrogen and oxygen atoms in total. The molecule has 0 amide bonds. The highest BCUT2D eigenvalue weighted by molar-refractivity contribution is 5.72. The Bertz CT molecular complexity index is 492. The van der Waals surface area contributed by atoms with Crippen molar-refractivity contribution in [2.45, 2.75) is 13.8 Å². The first-order chi connectivity index (χ1) is 7.18. The van der Waals surface area contributed by atoms with Gasteiger partial charge in [-0.05, 0) is 31.5 Å². The third-order valence-electron chi connectivity index (χ3n) is 2.44. The number of aryl methyl sites for hydroxylation is 2. The zero-order valence-corrected chi connectivity index (χ0v) is 8.86. The molecule has 0 radical (unpaired) electrons. The van der Waals surface area contributed by atoms with Crippen LogP contribution in [-0.4, -0.2) is 10.1 Å². The second-order valence-corrected chi connectivity index (χ2v) is 3.66. The molecule has 0 saturated heterocycles. The van der Waals surface area contributed by atoms with E-state index in [4.69, 9.17) is 0 Å². The molecule has 1 aromatic heterocycles. The lowest BCUT2D eigenvalue weighted by Gasteiger charge is -2.07. The largest absolute Gasteiger partial charge is 0.507 e. The van der Waals surface area contributed by atoms with E-state index in [1.807, 2.05) is 38.1 Å². The summed E-state index contributed by atoms with van der Waals surface area (Å²) in [6, 6.07) is 9.33. The van der Waals surface area contributed by atoms with Crippen LogP contribution in [0.5, 0.6) is 5.75 Å². The monoisotopic (exact) mass is 199 g/mol. The maximum atomic E-state index is 9.73. The van der Waals surface area contributed by atoms with Crippen molar-refractivity contribution in [3.63, 3.8) is 0 Å². The molecule has 15 heavy (non-hydrogen) atoms. The van der Waals surface area contributed by atoms with E-state index in [1.54, 1.807) is 12.3 Å². The van der Waals surface area contributed by atoms with E-state index in [-0.39, 0.29) is 0 Å². The lowest BCUT2D eigenvalue weighted by molar-refractivity contribution is 0.477. The van der Waals surface area contributed by atoms with Crippen molar-refractivity contribution < 1.29 is 5.11 Å². The highest BCUT2D eigenvalue weighted by atomic mass is 16.3. The Balaban J connectivity index is 2.60. The zero-order valence-electron chi connectivity index (χ0n) is 8.86. The van der Waals surface area contributed by atoms with Gasteiger partial charge in [-0.15, -0.1) is 0 Å². The van der Waals surface area contributed by atoms with Crippen LogP contribution in [0.1, 0.15) is 11.3 Å². The molecule has 1 heterocycles. The van der Waals surface area contributed by atoms with Gasteiger partial charge in [0.15, 0.2) is 0 Å². The minimum Gasteiger partial charge on any atom is -0.507 e. The van der Waals surface area contributed by atoms with E-state index in [1.165, 1.54) is 0 Å². The molecule has 2 heteroatoms. The number of phenolic OH excluding ortho intramolecular Hbond substituents is 1.